The van der Waals surface area contributed by atoms with Gasteiger partial charge in [0.15, 0.2) is 0 Å². The van der Waals surface area contributed by atoms with Crippen molar-refractivity contribution in [2.75, 3.05) is 13.2 Å². The van der Waals surface area contributed by atoms with Gasteiger partial charge in [-0.3, -0.25) is 0 Å². The molecule has 3 rings (SSSR count). The van der Waals surface area contributed by atoms with Crippen molar-refractivity contribution in [3.8, 4) is 5.69 Å². The average Bonchev–Trinajstić information content (AvgIpc) is 3.26. The van der Waals surface area contributed by atoms with E-state index in [9.17, 15) is 9.90 Å². The smallest absolute Gasteiger partial charge is 0.315 e. The number of hydrogen-bond donors (Lipinski definition) is 3. The number of amides is 2. The van der Waals surface area contributed by atoms with Gasteiger partial charge in [-0.25, -0.2) is 9.48 Å². The molecule has 6 heteroatoms. The number of carbonyl (C=O) groups is 1. The van der Waals surface area contributed by atoms with Gasteiger partial charge in [-0.15, -0.1) is 0 Å². The van der Waals surface area contributed by atoms with E-state index in [-0.39, 0.29) is 12.6 Å². The fourth-order valence-corrected chi connectivity index (χ4v) is 3.19. The molecule has 0 bridgehead atoms. The number of urea groups is 1. The first-order chi connectivity index (χ1) is 11.7. The number of nitrogens with zero attached hydrogens (tertiary/aromatic N) is 2. The Balaban J connectivity index is 1.46. The minimum absolute atomic E-state index is 0.00423. The summed E-state index contributed by atoms with van der Waals surface area (Å²) in [6, 6.07) is 9.71. The summed E-state index contributed by atoms with van der Waals surface area (Å²) in [6.07, 6.45) is 8.31. The number of benzene rings is 1. The third kappa shape index (κ3) is 3.94. The van der Waals surface area contributed by atoms with Crippen LogP contribution in [0.25, 0.3) is 5.69 Å². The Morgan fingerprint density at radius 1 is 1.25 bits per heavy atom. The van der Waals surface area contributed by atoms with Gasteiger partial charge in [0, 0.05) is 12.7 Å². The van der Waals surface area contributed by atoms with Gasteiger partial charge in [0.2, 0.25) is 0 Å². The average molecular weight is 328 g/mol. The van der Waals surface area contributed by atoms with Crippen LogP contribution in [0.5, 0.6) is 0 Å². The second kappa shape index (κ2) is 7.49. The zero-order valence-electron chi connectivity index (χ0n) is 13.7. The maximum absolute atomic E-state index is 12.0. The summed E-state index contributed by atoms with van der Waals surface area (Å²) in [4.78, 5) is 12.0. The third-order valence-corrected chi connectivity index (χ3v) is 4.60. The van der Waals surface area contributed by atoms with Crippen LogP contribution in [0.4, 0.5) is 4.79 Å². The fourth-order valence-electron chi connectivity index (χ4n) is 3.19. The highest BCUT2D eigenvalue weighted by molar-refractivity contribution is 5.74. The summed E-state index contributed by atoms with van der Waals surface area (Å²) in [5.41, 5.74) is 1.65. The molecule has 0 saturated heterocycles. The van der Waals surface area contributed by atoms with Crippen molar-refractivity contribution in [1.29, 1.82) is 0 Å². The van der Waals surface area contributed by atoms with E-state index in [4.69, 9.17) is 0 Å². The molecule has 1 aliphatic rings. The van der Waals surface area contributed by atoms with Crippen LogP contribution in [0.2, 0.25) is 0 Å². The van der Waals surface area contributed by atoms with Crippen LogP contribution in [0.1, 0.15) is 31.2 Å². The zero-order chi connectivity index (χ0) is 16.8. The Morgan fingerprint density at radius 3 is 2.71 bits per heavy atom. The number of carbonyl (C=O) groups excluding carboxylic acids is 1. The summed E-state index contributed by atoms with van der Waals surface area (Å²) < 4.78 is 1.83. The van der Waals surface area contributed by atoms with E-state index in [0.29, 0.717) is 13.0 Å². The van der Waals surface area contributed by atoms with Crippen LogP contribution in [0.3, 0.4) is 0 Å². The molecule has 1 saturated carbocycles. The molecule has 0 spiro atoms. The normalized spacial score (nSPS) is 16.0. The molecule has 1 aromatic carbocycles. The van der Waals surface area contributed by atoms with Crippen LogP contribution in [0, 0.1) is 0 Å². The van der Waals surface area contributed by atoms with Gasteiger partial charge >= 0.3 is 6.03 Å². The number of aromatic nitrogens is 2. The second-order valence-corrected chi connectivity index (χ2v) is 6.41. The van der Waals surface area contributed by atoms with E-state index in [1.54, 1.807) is 0 Å². The van der Waals surface area contributed by atoms with Gasteiger partial charge in [-0.2, -0.15) is 5.10 Å². The lowest BCUT2D eigenvalue weighted by molar-refractivity contribution is 0.163. The lowest BCUT2D eigenvalue weighted by Crippen LogP contribution is -2.53. The molecular formula is C18H24N4O2. The molecule has 0 radical (unpaired) electrons. The Kier molecular flexibility index (Phi) is 5.15. The number of para-hydroxylation sites is 1. The number of hydrogen-bond acceptors (Lipinski definition) is 3. The van der Waals surface area contributed by atoms with Crippen molar-refractivity contribution in [3.63, 3.8) is 0 Å². The molecule has 1 fully saturated rings. The number of rotatable bonds is 6. The highest BCUT2D eigenvalue weighted by Gasteiger charge is 2.34. The predicted octanol–water partition coefficient (Wildman–Crippen LogP) is 2.02. The summed E-state index contributed by atoms with van der Waals surface area (Å²) in [6.45, 7) is 0.540. The maximum atomic E-state index is 12.0. The fraction of sp³-hybridized carbons (Fsp3) is 0.444. The number of nitrogens with one attached hydrogen (secondary N) is 2. The lowest BCUT2D eigenvalue weighted by Gasteiger charge is -2.27. The Bertz CT molecular complexity index is 663. The quantitative estimate of drug-likeness (QED) is 0.759. The monoisotopic (exact) mass is 328 g/mol. The van der Waals surface area contributed by atoms with Crippen molar-refractivity contribution in [1.82, 2.24) is 20.4 Å². The van der Waals surface area contributed by atoms with Crippen LogP contribution < -0.4 is 10.6 Å². The van der Waals surface area contributed by atoms with E-state index >= 15 is 0 Å². The summed E-state index contributed by atoms with van der Waals surface area (Å²) in [5.74, 6) is 0. The van der Waals surface area contributed by atoms with Crippen molar-refractivity contribution in [2.24, 2.45) is 0 Å². The molecule has 2 aromatic rings. The molecule has 1 heterocycles. The van der Waals surface area contributed by atoms with E-state index < -0.39 is 5.54 Å². The Morgan fingerprint density at radius 2 is 2.00 bits per heavy atom. The number of aliphatic hydroxyl groups is 1. The molecule has 0 atom stereocenters. The van der Waals surface area contributed by atoms with Crippen molar-refractivity contribution in [3.05, 3.63) is 48.3 Å². The maximum Gasteiger partial charge on any atom is 0.315 e. The largest absolute Gasteiger partial charge is 0.394 e. The topological polar surface area (TPSA) is 79.2 Å². The van der Waals surface area contributed by atoms with Crippen LogP contribution in [-0.4, -0.2) is 39.6 Å². The standard InChI is InChI=1S/C18H24N4O2/c23-14-18(9-4-5-10-18)21-17(24)19-11-8-15-12-20-22(13-15)16-6-2-1-3-7-16/h1-3,6-7,12-13,23H,4-5,8-11,14H2,(H2,19,21,24). The van der Waals surface area contributed by atoms with Gasteiger partial charge in [-0.1, -0.05) is 31.0 Å². The van der Waals surface area contributed by atoms with E-state index in [2.05, 4.69) is 15.7 Å². The van der Waals surface area contributed by atoms with E-state index in [1.807, 2.05) is 47.4 Å². The summed E-state index contributed by atoms with van der Waals surface area (Å²) in [7, 11) is 0. The molecule has 2 amide bonds. The van der Waals surface area contributed by atoms with Gasteiger partial charge in [0.1, 0.15) is 0 Å². The second-order valence-electron chi connectivity index (χ2n) is 6.41. The third-order valence-electron chi connectivity index (χ3n) is 4.60. The number of aliphatic hydroxyl groups excluding tert-OH is 1. The molecule has 24 heavy (non-hydrogen) atoms. The zero-order valence-corrected chi connectivity index (χ0v) is 13.7. The highest BCUT2D eigenvalue weighted by atomic mass is 16.3. The van der Waals surface area contributed by atoms with Gasteiger partial charge in [-0.05, 0) is 37.0 Å². The van der Waals surface area contributed by atoms with E-state index in [0.717, 1.165) is 36.9 Å². The van der Waals surface area contributed by atoms with Gasteiger partial charge in [0.05, 0.1) is 24.0 Å². The molecule has 1 aromatic heterocycles. The van der Waals surface area contributed by atoms with Crippen LogP contribution in [0.15, 0.2) is 42.7 Å². The summed E-state index contributed by atoms with van der Waals surface area (Å²) in [5, 5.41) is 19.7. The minimum Gasteiger partial charge on any atom is -0.394 e. The van der Waals surface area contributed by atoms with Crippen molar-refractivity contribution in [2.45, 2.75) is 37.6 Å². The molecule has 6 nitrogen and oxygen atoms in total. The Hall–Kier alpha value is -2.34. The first kappa shape index (κ1) is 16.5. The molecular weight excluding hydrogens is 304 g/mol. The van der Waals surface area contributed by atoms with Gasteiger partial charge < -0.3 is 15.7 Å². The summed E-state index contributed by atoms with van der Waals surface area (Å²) >= 11 is 0. The Labute approximate surface area is 141 Å². The predicted molar refractivity (Wildman–Crippen MR) is 92.1 cm³/mol. The molecule has 3 N–H and O–H groups in total. The van der Waals surface area contributed by atoms with Crippen LogP contribution >= 0.6 is 0 Å². The SMILES string of the molecule is O=C(NCCc1cnn(-c2ccccc2)c1)NC1(CO)CCCC1. The van der Waals surface area contributed by atoms with E-state index in [1.165, 1.54) is 0 Å². The van der Waals surface area contributed by atoms with Crippen molar-refractivity contribution >= 4 is 6.03 Å². The minimum atomic E-state index is -0.428. The lowest BCUT2D eigenvalue weighted by atomic mass is 9.99. The van der Waals surface area contributed by atoms with Crippen LogP contribution in [-0.2, 0) is 6.42 Å². The molecule has 0 aliphatic heterocycles. The molecule has 1 aliphatic carbocycles. The first-order valence-electron chi connectivity index (χ1n) is 8.47. The molecule has 0 unspecified atom stereocenters. The van der Waals surface area contributed by atoms with Crippen molar-refractivity contribution < 1.29 is 9.90 Å². The van der Waals surface area contributed by atoms with Gasteiger partial charge in [0.25, 0.3) is 0 Å². The molecule has 128 valence electrons. The first-order valence-corrected chi connectivity index (χ1v) is 8.47. The highest BCUT2D eigenvalue weighted by Crippen LogP contribution is 2.28.